The van der Waals surface area contributed by atoms with Gasteiger partial charge in [0.2, 0.25) is 0 Å². The van der Waals surface area contributed by atoms with E-state index in [1.165, 1.54) is 25.7 Å². The summed E-state index contributed by atoms with van der Waals surface area (Å²) < 4.78 is 10.7. The lowest BCUT2D eigenvalue weighted by Gasteiger charge is -2.22. The Morgan fingerprint density at radius 3 is 2.40 bits per heavy atom. The van der Waals surface area contributed by atoms with Crippen molar-refractivity contribution in [3.05, 3.63) is 30.6 Å². The topological polar surface area (TPSA) is 44.2 Å². The summed E-state index contributed by atoms with van der Waals surface area (Å²) in [6, 6.07) is 3.93. The van der Waals surface area contributed by atoms with E-state index < -0.39 is 0 Å². The highest BCUT2D eigenvalue weighted by Crippen LogP contribution is 2.38. The molecule has 0 amide bonds. The van der Waals surface area contributed by atoms with Crippen molar-refractivity contribution in [1.82, 2.24) is 9.97 Å². The Morgan fingerprint density at radius 2 is 1.70 bits per heavy atom. The van der Waals surface area contributed by atoms with Crippen LogP contribution in [0.2, 0.25) is 0 Å². The van der Waals surface area contributed by atoms with Crippen molar-refractivity contribution in [2.45, 2.75) is 31.6 Å². The second kappa shape index (κ2) is 5.65. The molecule has 0 spiro atoms. The lowest BCUT2D eigenvalue weighted by atomic mass is 9.85. The minimum absolute atomic E-state index is 0.517. The number of nitrogens with zero attached hydrogens (tertiary/aromatic N) is 2. The molecule has 1 radical (unpaired) electrons. The fraction of sp³-hybridized carbons (Fsp3) is 0.438. The van der Waals surface area contributed by atoms with Gasteiger partial charge in [0.05, 0.1) is 25.4 Å². The maximum atomic E-state index is 5.40. The first kappa shape index (κ1) is 13.2. The van der Waals surface area contributed by atoms with Crippen LogP contribution in [0.1, 0.15) is 37.3 Å². The number of hydrogen-bond acceptors (Lipinski definition) is 4. The molecular formula is C16H19N2O2. The van der Waals surface area contributed by atoms with Gasteiger partial charge in [-0.2, -0.15) is 0 Å². The summed E-state index contributed by atoms with van der Waals surface area (Å²) in [6.45, 7) is 0. The smallest absolute Gasteiger partial charge is 0.162 e. The summed E-state index contributed by atoms with van der Waals surface area (Å²) in [5.74, 6) is 1.96. The third-order valence-corrected chi connectivity index (χ3v) is 4.00. The van der Waals surface area contributed by atoms with E-state index in [-0.39, 0.29) is 0 Å². The van der Waals surface area contributed by atoms with Gasteiger partial charge < -0.3 is 9.47 Å². The van der Waals surface area contributed by atoms with Gasteiger partial charge in [-0.05, 0) is 38.2 Å². The summed E-state index contributed by atoms with van der Waals surface area (Å²) >= 11 is 0. The van der Waals surface area contributed by atoms with Crippen molar-refractivity contribution < 1.29 is 9.47 Å². The largest absolute Gasteiger partial charge is 0.493 e. The maximum absolute atomic E-state index is 5.40. The molecule has 4 nitrogen and oxygen atoms in total. The minimum Gasteiger partial charge on any atom is -0.493 e. The molecule has 0 N–H and O–H groups in total. The standard InChI is InChI=1S/C16H19N2O2/c1-19-14-8-12-13(9-15(14)20-2)17-10-18-16(12)11-6-4-3-5-7-11/h3,8-11H,4-7H2,1-2H3. The second-order valence-corrected chi connectivity index (χ2v) is 5.12. The first-order valence-electron chi connectivity index (χ1n) is 7.01. The molecule has 0 aliphatic heterocycles. The SMILES string of the molecule is COc1cc2ncnc(C3CC[CH]CC3)c2cc1OC. The van der Waals surface area contributed by atoms with Gasteiger partial charge in [-0.15, -0.1) is 0 Å². The number of benzene rings is 1. The Bertz CT molecular complexity index is 607. The predicted molar refractivity (Wildman–Crippen MR) is 78.2 cm³/mol. The van der Waals surface area contributed by atoms with Crippen LogP contribution in [0.15, 0.2) is 18.5 Å². The van der Waals surface area contributed by atoms with Gasteiger partial charge >= 0.3 is 0 Å². The molecule has 1 aliphatic carbocycles. The minimum atomic E-state index is 0.517. The number of methoxy groups -OCH3 is 2. The number of hydrogen-bond donors (Lipinski definition) is 0. The van der Waals surface area contributed by atoms with Crippen LogP contribution in [0.3, 0.4) is 0 Å². The molecule has 2 aromatic rings. The molecule has 0 unspecified atom stereocenters. The van der Waals surface area contributed by atoms with Crippen LogP contribution in [0.4, 0.5) is 0 Å². The molecule has 4 heteroatoms. The lowest BCUT2D eigenvalue weighted by molar-refractivity contribution is 0.355. The number of aromatic nitrogens is 2. The molecular weight excluding hydrogens is 252 g/mol. The Kier molecular flexibility index (Phi) is 3.72. The number of rotatable bonds is 3. The van der Waals surface area contributed by atoms with Crippen molar-refractivity contribution in [2.24, 2.45) is 0 Å². The first-order valence-corrected chi connectivity index (χ1v) is 7.01. The molecule has 1 heterocycles. The Hall–Kier alpha value is -1.84. The van der Waals surface area contributed by atoms with E-state index in [4.69, 9.17) is 9.47 Å². The molecule has 1 aromatic heterocycles. The molecule has 1 saturated carbocycles. The van der Waals surface area contributed by atoms with Crippen LogP contribution < -0.4 is 9.47 Å². The van der Waals surface area contributed by atoms with Crippen molar-refractivity contribution in [1.29, 1.82) is 0 Å². The Labute approximate surface area is 119 Å². The van der Waals surface area contributed by atoms with E-state index in [0.29, 0.717) is 11.7 Å². The summed E-state index contributed by atoms with van der Waals surface area (Å²) in [6.07, 6.45) is 8.69. The Morgan fingerprint density at radius 1 is 1.00 bits per heavy atom. The summed E-state index contributed by atoms with van der Waals surface area (Å²) in [5.41, 5.74) is 2.06. The van der Waals surface area contributed by atoms with E-state index in [1.54, 1.807) is 20.5 Å². The van der Waals surface area contributed by atoms with E-state index >= 15 is 0 Å². The zero-order valence-electron chi connectivity index (χ0n) is 11.9. The van der Waals surface area contributed by atoms with E-state index in [1.807, 2.05) is 12.1 Å². The molecule has 0 saturated heterocycles. The van der Waals surface area contributed by atoms with Crippen LogP contribution in [0.25, 0.3) is 10.9 Å². The quantitative estimate of drug-likeness (QED) is 0.857. The third-order valence-electron chi connectivity index (χ3n) is 4.00. The first-order chi connectivity index (χ1) is 9.83. The molecule has 1 aliphatic rings. The summed E-state index contributed by atoms with van der Waals surface area (Å²) in [4.78, 5) is 8.91. The van der Waals surface area contributed by atoms with Crippen LogP contribution in [-0.4, -0.2) is 24.2 Å². The van der Waals surface area contributed by atoms with E-state index in [0.717, 1.165) is 22.3 Å². The zero-order valence-corrected chi connectivity index (χ0v) is 11.9. The summed E-state index contributed by atoms with van der Waals surface area (Å²) in [5, 5.41) is 1.08. The molecule has 20 heavy (non-hydrogen) atoms. The van der Waals surface area contributed by atoms with Gasteiger partial charge in [0.1, 0.15) is 6.33 Å². The average Bonchev–Trinajstić information content (AvgIpc) is 2.53. The van der Waals surface area contributed by atoms with E-state index in [2.05, 4.69) is 16.4 Å². The fourth-order valence-electron chi connectivity index (χ4n) is 2.93. The molecule has 1 fully saturated rings. The maximum Gasteiger partial charge on any atom is 0.162 e. The van der Waals surface area contributed by atoms with Crippen LogP contribution in [0, 0.1) is 6.42 Å². The van der Waals surface area contributed by atoms with Gasteiger partial charge in [-0.1, -0.05) is 0 Å². The van der Waals surface area contributed by atoms with Crippen LogP contribution in [-0.2, 0) is 0 Å². The molecule has 0 atom stereocenters. The Balaban J connectivity index is 2.12. The highest BCUT2D eigenvalue weighted by Gasteiger charge is 2.20. The van der Waals surface area contributed by atoms with Gasteiger partial charge in [-0.25, -0.2) is 9.97 Å². The number of ether oxygens (including phenoxy) is 2. The van der Waals surface area contributed by atoms with Gasteiger partial charge in [0, 0.05) is 17.4 Å². The molecule has 1 aromatic carbocycles. The lowest BCUT2D eigenvalue weighted by Crippen LogP contribution is -2.08. The van der Waals surface area contributed by atoms with Crippen molar-refractivity contribution in [2.75, 3.05) is 14.2 Å². The highest BCUT2D eigenvalue weighted by atomic mass is 16.5. The van der Waals surface area contributed by atoms with Crippen molar-refractivity contribution in [3.8, 4) is 11.5 Å². The molecule has 0 bridgehead atoms. The highest BCUT2D eigenvalue weighted by molar-refractivity contribution is 5.85. The fourth-order valence-corrected chi connectivity index (χ4v) is 2.93. The van der Waals surface area contributed by atoms with Crippen LogP contribution in [0.5, 0.6) is 11.5 Å². The third kappa shape index (κ3) is 2.30. The monoisotopic (exact) mass is 271 g/mol. The average molecular weight is 271 g/mol. The van der Waals surface area contributed by atoms with Crippen LogP contribution >= 0.6 is 0 Å². The van der Waals surface area contributed by atoms with Gasteiger partial charge in [0.15, 0.2) is 11.5 Å². The zero-order chi connectivity index (χ0) is 13.9. The number of fused-ring (bicyclic) bond motifs is 1. The second-order valence-electron chi connectivity index (χ2n) is 5.12. The summed E-state index contributed by atoms with van der Waals surface area (Å²) in [7, 11) is 3.30. The van der Waals surface area contributed by atoms with E-state index in [9.17, 15) is 0 Å². The van der Waals surface area contributed by atoms with Crippen molar-refractivity contribution >= 4 is 10.9 Å². The predicted octanol–water partition coefficient (Wildman–Crippen LogP) is 3.51. The van der Waals surface area contributed by atoms with Gasteiger partial charge in [-0.3, -0.25) is 0 Å². The van der Waals surface area contributed by atoms with Crippen molar-refractivity contribution in [3.63, 3.8) is 0 Å². The molecule has 105 valence electrons. The molecule has 3 rings (SSSR count). The van der Waals surface area contributed by atoms with Gasteiger partial charge in [0.25, 0.3) is 0 Å². The normalized spacial score (nSPS) is 16.3.